The molecule has 1 saturated heterocycles. The highest BCUT2D eigenvalue weighted by Crippen LogP contribution is 2.29. The van der Waals surface area contributed by atoms with Gasteiger partial charge in [0.2, 0.25) is 0 Å². The third kappa shape index (κ3) is 2.98. The second kappa shape index (κ2) is 4.30. The number of alkyl halides is 2. The summed E-state index contributed by atoms with van der Waals surface area (Å²) >= 11 is 0. The third-order valence-electron chi connectivity index (χ3n) is 1.80. The summed E-state index contributed by atoms with van der Waals surface area (Å²) in [6, 6.07) is 0. The van der Waals surface area contributed by atoms with Gasteiger partial charge in [0.05, 0.1) is 19.1 Å². The van der Waals surface area contributed by atoms with E-state index in [-0.39, 0.29) is 23.5 Å². The van der Waals surface area contributed by atoms with Crippen LogP contribution in [-0.2, 0) is 18.7 Å². The van der Waals surface area contributed by atoms with E-state index in [0.717, 1.165) is 0 Å². The summed E-state index contributed by atoms with van der Waals surface area (Å²) in [5.41, 5.74) is 0. The molecule has 1 heterocycles. The molecule has 1 N–H and O–H groups in total. The van der Waals surface area contributed by atoms with Crippen molar-refractivity contribution in [3.05, 3.63) is 0 Å². The maximum absolute atomic E-state index is 12.4. The van der Waals surface area contributed by atoms with E-state index in [1.165, 1.54) is 0 Å². The lowest BCUT2D eigenvalue weighted by Crippen LogP contribution is -2.33. The lowest BCUT2D eigenvalue weighted by molar-refractivity contribution is -0.349. The molecular weight excluding hydrogens is 218 g/mol. The van der Waals surface area contributed by atoms with Crippen molar-refractivity contribution in [2.45, 2.75) is 24.9 Å². The Hall–Kier alpha value is -0.573. The van der Waals surface area contributed by atoms with Crippen molar-refractivity contribution < 1.29 is 32.6 Å². The van der Waals surface area contributed by atoms with E-state index < -0.39 is 24.5 Å². The van der Waals surface area contributed by atoms with Crippen LogP contribution in [0.1, 0.15) is 6.42 Å². The average molecular weight is 228 g/mol. The second-order valence-corrected chi connectivity index (χ2v) is 3.27. The van der Waals surface area contributed by atoms with E-state index in [0.29, 0.717) is 0 Å². The van der Waals surface area contributed by atoms with Crippen LogP contribution in [0.3, 0.4) is 0 Å². The number of rotatable bonds is 4. The molecule has 0 spiro atoms. The number of aliphatic carboxylic acids is 1. The van der Waals surface area contributed by atoms with Gasteiger partial charge in [0.1, 0.15) is 16.6 Å². The number of halogens is 2. The van der Waals surface area contributed by atoms with E-state index in [9.17, 15) is 13.6 Å². The van der Waals surface area contributed by atoms with Crippen LogP contribution in [0, 0.1) is 0 Å². The van der Waals surface area contributed by atoms with Crippen molar-refractivity contribution in [1.82, 2.24) is 0 Å². The first-order chi connectivity index (χ1) is 6.44. The van der Waals surface area contributed by atoms with E-state index >= 15 is 0 Å². The Morgan fingerprint density at radius 2 is 2.43 bits per heavy atom. The van der Waals surface area contributed by atoms with Gasteiger partial charge in [0, 0.05) is 0 Å². The quantitative estimate of drug-likeness (QED) is 0.631. The molecule has 0 amide bonds. The summed E-state index contributed by atoms with van der Waals surface area (Å²) < 4.78 is 37.8. The number of hydrogen-bond donors (Lipinski definition) is 1. The van der Waals surface area contributed by atoms with Gasteiger partial charge in [-0.1, -0.05) is 0 Å². The predicted octanol–water partition coefficient (Wildman–Crippen LogP) is -0.908. The maximum Gasteiger partial charge on any atom is 0.486 e. The minimum Gasteiger partial charge on any atom is -0.481 e. The molecule has 0 saturated carbocycles. The Labute approximate surface area is 81.5 Å². The summed E-state index contributed by atoms with van der Waals surface area (Å²) in [4.78, 5) is 10.3. The van der Waals surface area contributed by atoms with Crippen molar-refractivity contribution >= 4 is 16.5 Å². The fourth-order valence-corrected chi connectivity index (χ4v) is 1.62. The van der Waals surface area contributed by atoms with Crippen molar-refractivity contribution in [3.63, 3.8) is 0 Å². The SMILES string of the molecule is O=C(O)CC(O[SiH3])C1COC(F)(F)O1. The Morgan fingerprint density at radius 1 is 1.79 bits per heavy atom. The number of carbonyl (C=O) groups is 1. The molecular formula is C6H10F2O5Si. The van der Waals surface area contributed by atoms with Crippen LogP contribution in [0.5, 0.6) is 0 Å². The molecule has 0 aromatic carbocycles. The van der Waals surface area contributed by atoms with Crippen LogP contribution in [0.4, 0.5) is 8.78 Å². The zero-order valence-corrected chi connectivity index (χ0v) is 9.41. The standard InChI is InChI=1S/C6H10F2O5Si/c7-6(8)11-2-4(12-6)3(13-14)1-5(9)10/h3-4H,1-2H2,14H3,(H,9,10). The average Bonchev–Trinajstić information content (AvgIpc) is 2.41. The van der Waals surface area contributed by atoms with Gasteiger partial charge in [0.15, 0.2) is 0 Å². The molecule has 2 atom stereocenters. The van der Waals surface area contributed by atoms with Crippen molar-refractivity contribution in [2.75, 3.05) is 6.61 Å². The van der Waals surface area contributed by atoms with Gasteiger partial charge < -0.3 is 9.53 Å². The molecule has 0 bridgehead atoms. The van der Waals surface area contributed by atoms with Crippen LogP contribution in [0.2, 0.25) is 0 Å². The fourth-order valence-electron chi connectivity index (χ4n) is 1.15. The molecule has 1 aliphatic heterocycles. The van der Waals surface area contributed by atoms with Crippen LogP contribution < -0.4 is 0 Å². The van der Waals surface area contributed by atoms with Crippen molar-refractivity contribution in [1.29, 1.82) is 0 Å². The molecule has 0 aromatic rings. The molecule has 14 heavy (non-hydrogen) atoms. The highest BCUT2D eigenvalue weighted by Gasteiger charge is 2.46. The minimum atomic E-state index is -3.62. The van der Waals surface area contributed by atoms with Gasteiger partial charge in [-0.05, 0) is 0 Å². The number of hydrogen-bond acceptors (Lipinski definition) is 4. The Kier molecular flexibility index (Phi) is 3.53. The van der Waals surface area contributed by atoms with E-state index in [1.54, 1.807) is 0 Å². The molecule has 0 aliphatic carbocycles. The van der Waals surface area contributed by atoms with Crippen LogP contribution in [0.25, 0.3) is 0 Å². The van der Waals surface area contributed by atoms with E-state index in [2.05, 4.69) is 9.47 Å². The van der Waals surface area contributed by atoms with E-state index in [4.69, 9.17) is 9.53 Å². The van der Waals surface area contributed by atoms with Crippen molar-refractivity contribution in [3.8, 4) is 0 Å². The Bertz CT molecular complexity index is 224. The Balaban J connectivity index is 2.50. The van der Waals surface area contributed by atoms with Gasteiger partial charge in [-0.3, -0.25) is 14.3 Å². The monoisotopic (exact) mass is 228 g/mol. The molecule has 5 nitrogen and oxygen atoms in total. The lowest BCUT2D eigenvalue weighted by atomic mass is 10.1. The van der Waals surface area contributed by atoms with Crippen LogP contribution in [-0.4, -0.2) is 46.7 Å². The molecule has 0 radical (unpaired) electrons. The molecule has 1 rings (SSSR count). The second-order valence-electron chi connectivity index (χ2n) is 2.80. The molecule has 8 heteroatoms. The normalized spacial score (nSPS) is 27.7. The van der Waals surface area contributed by atoms with Gasteiger partial charge in [0.25, 0.3) is 0 Å². The molecule has 1 aliphatic rings. The van der Waals surface area contributed by atoms with E-state index in [1.807, 2.05) is 0 Å². The summed E-state index contributed by atoms with van der Waals surface area (Å²) in [7, 11) is 0.253. The zero-order valence-electron chi connectivity index (χ0n) is 7.41. The summed E-state index contributed by atoms with van der Waals surface area (Å²) in [5, 5.41) is 8.46. The number of ether oxygens (including phenoxy) is 2. The van der Waals surface area contributed by atoms with Gasteiger partial charge in [-0.25, -0.2) is 0 Å². The minimum absolute atomic E-state index is 0.253. The summed E-state index contributed by atoms with van der Waals surface area (Å²) in [6.45, 7) is -0.354. The molecule has 0 aromatic heterocycles. The van der Waals surface area contributed by atoms with Crippen LogP contribution in [0.15, 0.2) is 0 Å². The highest BCUT2D eigenvalue weighted by molar-refractivity contribution is 5.98. The highest BCUT2D eigenvalue weighted by atomic mass is 28.2. The number of carboxylic acids is 1. The number of carboxylic acid groups (broad SMARTS) is 1. The first-order valence-electron chi connectivity index (χ1n) is 3.89. The molecule has 2 unspecified atom stereocenters. The third-order valence-corrected chi connectivity index (χ3v) is 2.40. The summed E-state index contributed by atoms with van der Waals surface area (Å²) in [5.74, 6) is -1.12. The van der Waals surface area contributed by atoms with Gasteiger partial charge >= 0.3 is 12.3 Å². The first kappa shape index (κ1) is 11.5. The predicted molar refractivity (Wildman–Crippen MR) is 42.8 cm³/mol. The summed E-state index contributed by atoms with van der Waals surface area (Å²) in [6.07, 6.45) is -5.87. The maximum atomic E-state index is 12.4. The topological polar surface area (TPSA) is 65.0 Å². The largest absolute Gasteiger partial charge is 0.486 e. The molecule has 1 fully saturated rings. The fraction of sp³-hybridized carbons (Fsp3) is 0.833. The van der Waals surface area contributed by atoms with Crippen LogP contribution >= 0.6 is 0 Å². The van der Waals surface area contributed by atoms with Crippen molar-refractivity contribution in [2.24, 2.45) is 0 Å². The molecule has 82 valence electrons. The van der Waals surface area contributed by atoms with Gasteiger partial charge in [-0.2, -0.15) is 0 Å². The Morgan fingerprint density at radius 3 is 2.79 bits per heavy atom. The first-order valence-corrected chi connectivity index (χ1v) is 4.70. The zero-order chi connectivity index (χ0) is 10.8. The lowest BCUT2D eigenvalue weighted by Gasteiger charge is -2.18. The van der Waals surface area contributed by atoms with Gasteiger partial charge in [-0.15, -0.1) is 8.78 Å². The smallest absolute Gasteiger partial charge is 0.481 e.